The van der Waals surface area contributed by atoms with Gasteiger partial charge in [0.15, 0.2) is 0 Å². The first-order valence-corrected chi connectivity index (χ1v) is 7.98. The molecular weight excluding hydrogens is 309 g/mol. The summed E-state index contributed by atoms with van der Waals surface area (Å²) in [5, 5.41) is 17.4. The Morgan fingerprint density at radius 1 is 1.25 bits per heavy atom. The van der Waals surface area contributed by atoms with Gasteiger partial charge in [0.1, 0.15) is 11.5 Å². The van der Waals surface area contributed by atoms with Crippen molar-refractivity contribution in [2.24, 2.45) is 0 Å². The van der Waals surface area contributed by atoms with Gasteiger partial charge in [0.2, 0.25) is 5.95 Å². The fourth-order valence-corrected chi connectivity index (χ4v) is 2.95. The van der Waals surface area contributed by atoms with Crippen LogP contribution < -0.4 is 10.5 Å². The Hall–Kier alpha value is -2.75. The van der Waals surface area contributed by atoms with E-state index in [0.717, 1.165) is 32.4 Å². The number of rotatable bonds is 3. The predicted octanol–water partition coefficient (Wildman–Crippen LogP) is 2.00. The first kappa shape index (κ1) is 16.1. The van der Waals surface area contributed by atoms with Crippen LogP contribution in [0.3, 0.4) is 0 Å². The average Bonchev–Trinajstić information content (AvgIpc) is 2.60. The van der Waals surface area contributed by atoms with E-state index in [1.54, 1.807) is 6.92 Å². The van der Waals surface area contributed by atoms with Gasteiger partial charge in [0.25, 0.3) is 5.56 Å². The number of anilines is 1. The Labute approximate surface area is 139 Å². The summed E-state index contributed by atoms with van der Waals surface area (Å²) in [6.45, 7) is 3.32. The first-order valence-electron chi connectivity index (χ1n) is 7.98. The maximum atomic E-state index is 13.6. The Balaban J connectivity index is 2.07. The summed E-state index contributed by atoms with van der Waals surface area (Å²) in [6, 6.07) is 6.01. The number of aryl methyl sites for hydroxylation is 1. The molecule has 2 aromatic rings. The topological polar surface area (TPSA) is 74.8 Å². The Morgan fingerprint density at radius 2 is 2.00 bits per heavy atom. The van der Waals surface area contributed by atoms with Crippen molar-refractivity contribution in [3.63, 3.8) is 0 Å². The van der Waals surface area contributed by atoms with E-state index in [0.29, 0.717) is 17.1 Å². The number of piperidine rings is 1. The number of benzene rings is 1. The number of hydrogen-bond acceptors (Lipinski definition) is 5. The Morgan fingerprint density at radius 3 is 2.71 bits per heavy atom. The molecule has 1 aromatic carbocycles. The number of halogens is 1. The second-order valence-corrected chi connectivity index (χ2v) is 5.94. The summed E-state index contributed by atoms with van der Waals surface area (Å²) in [7, 11) is 0. The SMILES string of the molecule is Cc1nnc(N2CCCCC2)n(Cc2cc(F)ccc2C#N)c1=O. The highest BCUT2D eigenvalue weighted by molar-refractivity contribution is 5.39. The molecule has 0 atom stereocenters. The van der Waals surface area contributed by atoms with Gasteiger partial charge in [-0.1, -0.05) is 0 Å². The molecule has 0 aliphatic carbocycles. The lowest BCUT2D eigenvalue weighted by Crippen LogP contribution is -2.38. The van der Waals surface area contributed by atoms with Crippen molar-refractivity contribution >= 4 is 5.95 Å². The zero-order valence-electron chi connectivity index (χ0n) is 13.5. The largest absolute Gasteiger partial charge is 0.341 e. The predicted molar refractivity (Wildman–Crippen MR) is 87.3 cm³/mol. The molecule has 1 aliphatic rings. The van der Waals surface area contributed by atoms with E-state index in [4.69, 9.17) is 0 Å². The van der Waals surface area contributed by atoms with Crippen molar-refractivity contribution in [2.75, 3.05) is 18.0 Å². The minimum atomic E-state index is -0.435. The fraction of sp³-hybridized carbons (Fsp3) is 0.412. The molecule has 6 nitrogen and oxygen atoms in total. The van der Waals surface area contributed by atoms with E-state index in [1.807, 2.05) is 11.0 Å². The quantitative estimate of drug-likeness (QED) is 0.862. The van der Waals surface area contributed by atoms with Crippen molar-refractivity contribution in [1.29, 1.82) is 5.26 Å². The number of nitrogens with zero attached hydrogens (tertiary/aromatic N) is 5. The van der Waals surface area contributed by atoms with Crippen molar-refractivity contribution < 1.29 is 4.39 Å². The molecule has 1 saturated heterocycles. The molecule has 1 aliphatic heterocycles. The summed E-state index contributed by atoms with van der Waals surface area (Å²) in [5.41, 5.74) is 0.831. The van der Waals surface area contributed by atoms with Crippen LogP contribution in [0, 0.1) is 24.1 Å². The van der Waals surface area contributed by atoms with Gasteiger partial charge >= 0.3 is 0 Å². The van der Waals surface area contributed by atoms with Gasteiger partial charge in [-0.3, -0.25) is 9.36 Å². The van der Waals surface area contributed by atoms with Crippen molar-refractivity contribution in [1.82, 2.24) is 14.8 Å². The van der Waals surface area contributed by atoms with Crippen LogP contribution in [0.5, 0.6) is 0 Å². The lowest BCUT2D eigenvalue weighted by Gasteiger charge is -2.29. The summed E-state index contributed by atoms with van der Waals surface area (Å²) in [5.74, 6) is 0.0498. The molecule has 2 heterocycles. The van der Waals surface area contributed by atoms with Gasteiger partial charge in [-0.05, 0) is 49.9 Å². The summed E-state index contributed by atoms with van der Waals surface area (Å²) in [4.78, 5) is 14.6. The van der Waals surface area contributed by atoms with Gasteiger partial charge in [-0.15, -0.1) is 10.2 Å². The summed E-state index contributed by atoms with van der Waals surface area (Å²) in [6.07, 6.45) is 3.23. The normalized spacial score (nSPS) is 14.5. The third kappa shape index (κ3) is 3.13. The lowest BCUT2D eigenvalue weighted by molar-refractivity contribution is 0.543. The van der Waals surface area contributed by atoms with Crippen LogP contribution >= 0.6 is 0 Å². The standard InChI is InChI=1S/C17H18FN5O/c1-12-16(24)23(11-14-9-15(18)6-5-13(14)10-19)17(21-20-12)22-7-3-2-4-8-22/h5-6,9H,2-4,7-8,11H2,1H3. The molecule has 7 heteroatoms. The molecule has 0 radical (unpaired) electrons. The minimum absolute atomic E-state index is 0.0989. The first-order chi connectivity index (χ1) is 11.6. The molecule has 0 spiro atoms. The molecule has 0 unspecified atom stereocenters. The molecule has 1 fully saturated rings. The van der Waals surface area contributed by atoms with E-state index in [-0.39, 0.29) is 17.8 Å². The highest BCUT2D eigenvalue weighted by Crippen LogP contribution is 2.18. The van der Waals surface area contributed by atoms with Gasteiger partial charge in [0, 0.05) is 13.1 Å². The van der Waals surface area contributed by atoms with Crippen molar-refractivity contribution in [3.05, 3.63) is 51.2 Å². The van der Waals surface area contributed by atoms with E-state index in [1.165, 1.54) is 22.8 Å². The van der Waals surface area contributed by atoms with Gasteiger partial charge in [0.05, 0.1) is 18.2 Å². The summed E-state index contributed by atoms with van der Waals surface area (Å²) >= 11 is 0. The summed E-state index contributed by atoms with van der Waals surface area (Å²) < 4.78 is 15.1. The molecule has 0 saturated carbocycles. The smallest absolute Gasteiger partial charge is 0.276 e. The lowest BCUT2D eigenvalue weighted by atomic mass is 10.1. The highest BCUT2D eigenvalue weighted by atomic mass is 19.1. The maximum Gasteiger partial charge on any atom is 0.276 e. The number of aromatic nitrogens is 3. The minimum Gasteiger partial charge on any atom is -0.341 e. The van der Waals surface area contributed by atoms with Gasteiger partial charge in [-0.2, -0.15) is 5.26 Å². The number of nitriles is 1. The Bertz CT molecular complexity index is 849. The van der Waals surface area contributed by atoms with Crippen LogP contribution in [0.25, 0.3) is 0 Å². The number of hydrogen-bond donors (Lipinski definition) is 0. The molecule has 0 N–H and O–H groups in total. The molecular formula is C17H18FN5O. The average molecular weight is 327 g/mol. The maximum absolute atomic E-state index is 13.6. The highest BCUT2D eigenvalue weighted by Gasteiger charge is 2.19. The van der Waals surface area contributed by atoms with Crippen molar-refractivity contribution in [3.8, 4) is 6.07 Å². The third-order valence-corrected chi connectivity index (χ3v) is 4.24. The van der Waals surface area contributed by atoms with Crippen LogP contribution in [0.4, 0.5) is 10.3 Å². The molecule has 24 heavy (non-hydrogen) atoms. The van der Waals surface area contributed by atoms with Crippen LogP contribution in [-0.2, 0) is 6.54 Å². The van der Waals surface area contributed by atoms with Gasteiger partial charge < -0.3 is 4.90 Å². The second kappa shape index (κ2) is 6.79. The molecule has 124 valence electrons. The van der Waals surface area contributed by atoms with Crippen LogP contribution in [-0.4, -0.2) is 27.9 Å². The van der Waals surface area contributed by atoms with Crippen LogP contribution in [0.1, 0.15) is 36.1 Å². The molecule has 0 bridgehead atoms. The molecule has 0 amide bonds. The molecule has 1 aromatic heterocycles. The monoisotopic (exact) mass is 327 g/mol. The van der Waals surface area contributed by atoms with E-state index in [2.05, 4.69) is 10.2 Å². The molecule has 3 rings (SSSR count). The van der Waals surface area contributed by atoms with E-state index < -0.39 is 5.82 Å². The fourth-order valence-electron chi connectivity index (χ4n) is 2.95. The van der Waals surface area contributed by atoms with Crippen LogP contribution in [0.15, 0.2) is 23.0 Å². The second-order valence-electron chi connectivity index (χ2n) is 5.94. The van der Waals surface area contributed by atoms with E-state index in [9.17, 15) is 14.4 Å². The third-order valence-electron chi connectivity index (χ3n) is 4.24. The Kier molecular flexibility index (Phi) is 4.56. The van der Waals surface area contributed by atoms with E-state index >= 15 is 0 Å². The van der Waals surface area contributed by atoms with Crippen molar-refractivity contribution in [2.45, 2.75) is 32.7 Å². The van der Waals surface area contributed by atoms with Gasteiger partial charge in [-0.25, -0.2) is 4.39 Å². The van der Waals surface area contributed by atoms with Crippen LogP contribution in [0.2, 0.25) is 0 Å². The zero-order chi connectivity index (χ0) is 17.1. The zero-order valence-corrected chi connectivity index (χ0v) is 13.5.